The van der Waals surface area contributed by atoms with Crippen molar-refractivity contribution in [1.29, 1.82) is 0 Å². The van der Waals surface area contributed by atoms with Gasteiger partial charge in [-0.1, -0.05) is 42.5 Å². The van der Waals surface area contributed by atoms with E-state index in [1.165, 1.54) is 0 Å². The average molecular weight is 365 g/mol. The van der Waals surface area contributed by atoms with Crippen molar-refractivity contribution in [3.05, 3.63) is 71.9 Å². The Kier molecular flexibility index (Phi) is 5.51. The number of carbonyl (C=O) groups is 2. The van der Waals surface area contributed by atoms with E-state index in [9.17, 15) is 14.7 Å². The molecule has 138 valence electrons. The lowest BCUT2D eigenvalue weighted by atomic mass is 10.1. The number of benzene rings is 2. The first kappa shape index (κ1) is 18.2. The number of nitrogens with one attached hydrogen (secondary N) is 2. The maximum Gasteiger partial charge on any atom is 0.326 e. The van der Waals surface area contributed by atoms with Crippen LogP contribution in [-0.4, -0.2) is 40.3 Å². The van der Waals surface area contributed by atoms with Gasteiger partial charge in [0.1, 0.15) is 17.5 Å². The SMILES string of the molecule is COc1cccc(-c2cc(C(=O)N[C@H](Cc3ccccc3)C(=O)O)[nH]n2)c1. The van der Waals surface area contributed by atoms with E-state index in [2.05, 4.69) is 15.5 Å². The van der Waals surface area contributed by atoms with E-state index < -0.39 is 17.9 Å². The van der Waals surface area contributed by atoms with Crippen LogP contribution in [0.5, 0.6) is 5.75 Å². The molecule has 7 nitrogen and oxygen atoms in total. The minimum Gasteiger partial charge on any atom is -0.497 e. The Balaban J connectivity index is 1.73. The van der Waals surface area contributed by atoms with Crippen LogP contribution in [0.1, 0.15) is 16.1 Å². The van der Waals surface area contributed by atoms with Crippen LogP contribution in [0.4, 0.5) is 0 Å². The minimum atomic E-state index is -1.10. The number of rotatable bonds is 7. The van der Waals surface area contributed by atoms with Gasteiger partial charge in [-0.15, -0.1) is 0 Å². The van der Waals surface area contributed by atoms with Crippen LogP contribution >= 0.6 is 0 Å². The average Bonchev–Trinajstić information content (AvgIpc) is 3.18. The summed E-state index contributed by atoms with van der Waals surface area (Å²) in [5.41, 5.74) is 2.36. The summed E-state index contributed by atoms with van der Waals surface area (Å²) >= 11 is 0. The van der Waals surface area contributed by atoms with Gasteiger partial charge in [-0.2, -0.15) is 5.10 Å². The number of H-pyrrole nitrogens is 1. The van der Waals surface area contributed by atoms with E-state index in [0.29, 0.717) is 11.4 Å². The summed E-state index contributed by atoms with van der Waals surface area (Å²) in [6.45, 7) is 0. The van der Waals surface area contributed by atoms with E-state index in [4.69, 9.17) is 4.74 Å². The molecule has 1 atom stereocenters. The number of aromatic amines is 1. The van der Waals surface area contributed by atoms with Gasteiger partial charge in [-0.05, 0) is 23.8 Å². The summed E-state index contributed by atoms with van der Waals surface area (Å²) in [5.74, 6) is -0.949. The molecular formula is C20H19N3O4. The predicted molar refractivity (Wildman–Crippen MR) is 99.6 cm³/mol. The lowest BCUT2D eigenvalue weighted by molar-refractivity contribution is -0.139. The Morgan fingerprint density at radius 1 is 1.15 bits per heavy atom. The van der Waals surface area contributed by atoms with Crippen molar-refractivity contribution in [2.24, 2.45) is 0 Å². The lowest BCUT2D eigenvalue weighted by Gasteiger charge is -2.13. The highest BCUT2D eigenvalue weighted by molar-refractivity contribution is 5.95. The molecule has 0 aliphatic heterocycles. The zero-order chi connectivity index (χ0) is 19.2. The first-order valence-electron chi connectivity index (χ1n) is 8.34. The Morgan fingerprint density at radius 3 is 2.63 bits per heavy atom. The summed E-state index contributed by atoms with van der Waals surface area (Å²) in [6, 6.07) is 16.9. The topological polar surface area (TPSA) is 104 Å². The summed E-state index contributed by atoms with van der Waals surface area (Å²) in [4.78, 5) is 24.0. The molecule has 0 aliphatic rings. The number of aromatic nitrogens is 2. The van der Waals surface area contributed by atoms with Gasteiger partial charge in [0.2, 0.25) is 0 Å². The van der Waals surface area contributed by atoms with Gasteiger partial charge >= 0.3 is 5.97 Å². The smallest absolute Gasteiger partial charge is 0.326 e. The first-order valence-corrected chi connectivity index (χ1v) is 8.34. The molecule has 0 saturated heterocycles. The number of amides is 1. The molecule has 3 aromatic rings. The van der Waals surface area contributed by atoms with E-state index in [1.54, 1.807) is 19.2 Å². The Bertz CT molecular complexity index is 937. The number of carbonyl (C=O) groups excluding carboxylic acids is 1. The fourth-order valence-electron chi connectivity index (χ4n) is 2.65. The Labute approximate surface area is 156 Å². The third kappa shape index (κ3) is 4.52. The highest BCUT2D eigenvalue weighted by Gasteiger charge is 2.22. The van der Waals surface area contributed by atoms with Crippen LogP contribution in [0.2, 0.25) is 0 Å². The Hall–Kier alpha value is -3.61. The van der Waals surface area contributed by atoms with Gasteiger partial charge < -0.3 is 15.2 Å². The van der Waals surface area contributed by atoms with Crippen molar-refractivity contribution in [2.75, 3.05) is 7.11 Å². The van der Waals surface area contributed by atoms with Gasteiger partial charge in [0, 0.05) is 12.0 Å². The van der Waals surface area contributed by atoms with Gasteiger partial charge in [0.25, 0.3) is 5.91 Å². The van der Waals surface area contributed by atoms with Crippen LogP contribution in [-0.2, 0) is 11.2 Å². The number of carboxylic acid groups (broad SMARTS) is 1. The fraction of sp³-hybridized carbons (Fsp3) is 0.150. The van der Waals surface area contributed by atoms with Crippen molar-refractivity contribution in [2.45, 2.75) is 12.5 Å². The molecule has 0 radical (unpaired) electrons. The number of ether oxygens (including phenoxy) is 1. The van der Waals surface area contributed by atoms with Crippen LogP contribution < -0.4 is 10.1 Å². The molecule has 0 spiro atoms. The van der Waals surface area contributed by atoms with Gasteiger partial charge in [0.15, 0.2) is 0 Å². The normalized spacial score (nSPS) is 11.6. The van der Waals surface area contributed by atoms with Gasteiger partial charge in [-0.3, -0.25) is 9.89 Å². The number of hydrogen-bond acceptors (Lipinski definition) is 4. The molecule has 1 aromatic heterocycles. The molecule has 3 rings (SSSR count). The molecule has 0 unspecified atom stereocenters. The monoisotopic (exact) mass is 365 g/mol. The van der Waals surface area contributed by atoms with Crippen LogP contribution in [0, 0.1) is 0 Å². The highest BCUT2D eigenvalue weighted by Crippen LogP contribution is 2.22. The largest absolute Gasteiger partial charge is 0.497 e. The number of methoxy groups -OCH3 is 1. The van der Waals surface area contributed by atoms with Gasteiger partial charge in [-0.25, -0.2) is 4.79 Å². The molecule has 3 N–H and O–H groups in total. The first-order chi connectivity index (χ1) is 13.1. The molecule has 1 amide bonds. The highest BCUT2D eigenvalue weighted by atomic mass is 16.5. The molecule has 1 heterocycles. The number of nitrogens with zero attached hydrogens (tertiary/aromatic N) is 1. The summed E-state index contributed by atoms with van der Waals surface area (Å²) in [6.07, 6.45) is 0.193. The van der Waals surface area contributed by atoms with E-state index in [0.717, 1.165) is 11.1 Å². The summed E-state index contributed by atoms with van der Waals surface area (Å²) in [5, 5.41) is 18.7. The molecule has 2 aromatic carbocycles. The van der Waals surface area contributed by atoms with Crippen LogP contribution in [0.15, 0.2) is 60.7 Å². The maximum absolute atomic E-state index is 12.4. The van der Waals surface area contributed by atoms with Crippen LogP contribution in [0.25, 0.3) is 11.3 Å². The third-order valence-electron chi connectivity index (χ3n) is 4.07. The molecule has 0 bridgehead atoms. The minimum absolute atomic E-state index is 0.187. The molecule has 7 heteroatoms. The van der Waals surface area contributed by atoms with E-state index in [-0.39, 0.29) is 12.1 Å². The van der Waals surface area contributed by atoms with Crippen molar-refractivity contribution < 1.29 is 19.4 Å². The predicted octanol–water partition coefficient (Wildman–Crippen LogP) is 2.51. The number of aliphatic carboxylic acids is 1. The molecule has 0 aliphatic carbocycles. The van der Waals surface area contributed by atoms with Crippen molar-refractivity contribution in [3.8, 4) is 17.0 Å². The van der Waals surface area contributed by atoms with Crippen LogP contribution in [0.3, 0.4) is 0 Å². The molecule has 27 heavy (non-hydrogen) atoms. The van der Waals surface area contributed by atoms with E-state index >= 15 is 0 Å². The third-order valence-corrected chi connectivity index (χ3v) is 4.07. The van der Waals surface area contributed by atoms with Crippen molar-refractivity contribution >= 4 is 11.9 Å². The van der Waals surface area contributed by atoms with Crippen molar-refractivity contribution in [1.82, 2.24) is 15.5 Å². The quantitative estimate of drug-likeness (QED) is 0.597. The Morgan fingerprint density at radius 2 is 1.93 bits per heavy atom. The van der Waals surface area contributed by atoms with Crippen molar-refractivity contribution in [3.63, 3.8) is 0 Å². The maximum atomic E-state index is 12.4. The number of carboxylic acids is 1. The molecular weight excluding hydrogens is 346 g/mol. The second-order valence-corrected chi connectivity index (χ2v) is 5.95. The summed E-state index contributed by atoms with van der Waals surface area (Å²) < 4.78 is 5.18. The fourth-order valence-corrected chi connectivity index (χ4v) is 2.65. The van der Waals surface area contributed by atoms with E-state index in [1.807, 2.05) is 48.5 Å². The molecule has 0 saturated carbocycles. The van der Waals surface area contributed by atoms with Gasteiger partial charge in [0.05, 0.1) is 12.8 Å². The standard InChI is InChI=1S/C20H19N3O4/c1-27-15-9-5-8-14(11-15)16-12-17(23-22-16)19(24)21-18(20(25)26)10-13-6-3-2-4-7-13/h2-9,11-12,18H,10H2,1H3,(H,21,24)(H,22,23)(H,25,26)/t18-/m1/s1. The molecule has 0 fully saturated rings. The second kappa shape index (κ2) is 8.18. The zero-order valence-corrected chi connectivity index (χ0v) is 14.7. The second-order valence-electron chi connectivity index (χ2n) is 5.95. The lowest BCUT2D eigenvalue weighted by Crippen LogP contribution is -2.42. The summed E-state index contributed by atoms with van der Waals surface area (Å²) in [7, 11) is 1.57. The number of hydrogen-bond donors (Lipinski definition) is 3. The zero-order valence-electron chi connectivity index (χ0n) is 14.7.